The number of halogens is 1. The van der Waals surface area contributed by atoms with Gasteiger partial charge in [0.05, 0.1) is 12.6 Å². The fourth-order valence-electron chi connectivity index (χ4n) is 2.03. The van der Waals surface area contributed by atoms with E-state index >= 15 is 0 Å². The summed E-state index contributed by atoms with van der Waals surface area (Å²) >= 11 is 3.56. The van der Waals surface area contributed by atoms with Gasteiger partial charge >= 0.3 is 0 Å². The van der Waals surface area contributed by atoms with Gasteiger partial charge in [0.25, 0.3) is 0 Å². The highest BCUT2D eigenvalue weighted by atomic mass is 79.9. The van der Waals surface area contributed by atoms with E-state index in [-0.39, 0.29) is 6.04 Å². The number of hydrogen-bond acceptors (Lipinski definition) is 3. The Morgan fingerprint density at radius 1 is 1.21 bits per heavy atom. The molecule has 0 fully saturated rings. The monoisotopic (exact) mass is 320 g/mol. The van der Waals surface area contributed by atoms with Gasteiger partial charge in [-0.05, 0) is 36.2 Å². The Balaban J connectivity index is 2.37. The Kier molecular flexibility index (Phi) is 4.96. The van der Waals surface area contributed by atoms with Crippen molar-refractivity contribution >= 4 is 15.9 Å². The van der Waals surface area contributed by atoms with E-state index in [1.165, 1.54) is 0 Å². The molecule has 0 bridgehead atoms. The molecule has 0 aliphatic heterocycles. The van der Waals surface area contributed by atoms with Crippen molar-refractivity contribution in [3.8, 4) is 5.75 Å². The van der Waals surface area contributed by atoms with E-state index < -0.39 is 0 Å². The normalized spacial score (nSPS) is 12.2. The van der Waals surface area contributed by atoms with E-state index in [0.29, 0.717) is 6.61 Å². The SMILES string of the molecule is CCOc1cccc(C(NN)c2ccccc2Br)c1. The molecule has 0 radical (unpaired) electrons. The van der Waals surface area contributed by atoms with Gasteiger partial charge in [0, 0.05) is 4.47 Å². The van der Waals surface area contributed by atoms with Gasteiger partial charge in [-0.15, -0.1) is 0 Å². The van der Waals surface area contributed by atoms with Crippen LogP contribution in [0.1, 0.15) is 24.1 Å². The van der Waals surface area contributed by atoms with Gasteiger partial charge < -0.3 is 4.74 Å². The average Bonchev–Trinajstić information content (AvgIpc) is 2.43. The van der Waals surface area contributed by atoms with Gasteiger partial charge in [-0.1, -0.05) is 46.3 Å². The van der Waals surface area contributed by atoms with Crippen LogP contribution in [0.25, 0.3) is 0 Å². The minimum absolute atomic E-state index is 0.0732. The maximum Gasteiger partial charge on any atom is 0.119 e. The molecule has 1 unspecified atom stereocenters. The first-order valence-corrected chi connectivity index (χ1v) is 6.99. The molecule has 2 aromatic carbocycles. The van der Waals surface area contributed by atoms with Gasteiger partial charge in [-0.3, -0.25) is 5.84 Å². The van der Waals surface area contributed by atoms with Crippen molar-refractivity contribution < 1.29 is 4.74 Å². The number of nitrogens with two attached hydrogens (primary N) is 1. The van der Waals surface area contributed by atoms with Crippen molar-refractivity contribution in [2.45, 2.75) is 13.0 Å². The van der Waals surface area contributed by atoms with Crippen LogP contribution in [0.2, 0.25) is 0 Å². The van der Waals surface area contributed by atoms with Gasteiger partial charge in [0.15, 0.2) is 0 Å². The predicted molar refractivity (Wildman–Crippen MR) is 80.9 cm³/mol. The van der Waals surface area contributed by atoms with E-state index in [0.717, 1.165) is 21.3 Å². The minimum Gasteiger partial charge on any atom is -0.494 e. The molecule has 2 rings (SSSR count). The zero-order chi connectivity index (χ0) is 13.7. The van der Waals surface area contributed by atoms with Gasteiger partial charge in [0.2, 0.25) is 0 Å². The number of benzene rings is 2. The summed E-state index contributed by atoms with van der Waals surface area (Å²) < 4.78 is 6.55. The lowest BCUT2D eigenvalue weighted by Crippen LogP contribution is -2.29. The van der Waals surface area contributed by atoms with Gasteiger partial charge in [-0.2, -0.15) is 0 Å². The standard InChI is InChI=1S/C15H17BrN2O/c1-2-19-12-7-5-6-11(10-12)15(18-17)13-8-3-4-9-14(13)16/h3-10,15,18H,2,17H2,1H3. The molecule has 0 saturated heterocycles. The van der Waals surface area contributed by atoms with Gasteiger partial charge in [0.1, 0.15) is 5.75 Å². The molecule has 2 aromatic rings. The van der Waals surface area contributed by atoms with Crippen LogP contribution in [0.3, 0.4) is 0 Å². The fraction of sp³-hybridized carbons (Fsp3) is 0.200. The first-order valence-electron chi connectivity index (χ1n) is 6.19. The van der Waals surface area contributed by atoms with Crippen LogP contribution in [-0.2, 0) is 0 Å². The van der Waals surface area contributed by atoms with Crippen LogP contribution in [0.15, 0.2) is 53.0 Å². The Labute approximate surface area is 121 Å². The second kappa shape index (κ2) is 6.70. The first kappa shape index (κ1) is 14.1. The van der Waals surface area contributed by atoms with Crippen molar-refractivity contribution in [2.24, 2.45) is 5.84 Å². The maximum absolute atomic E-state index is 5.72. The molecule has 0 heterocycles. The first-order chi connectivity index (χ1) is 9.26. The number of rotatable bonds is 5. The summed E-state index contributed by atoms with van der Waals surface area (Å²) in [7, 11) is 0. The molecule has 3 nitrogen and oxygen atoms in total. The molecular formula is C15H17BrN2O. The van der Waals surface area contributed by atoms with Crippen molar-refractivity contribution in [3.05, 3.63) is 64.1 Å². The highest BCUT2D eigenvalue weighted by Crippen LogP contribution is 2.29. The zero-order valence-electron chi connectivity index (χ0n) is 10.8. The summed E-state index contributed by atoms with van der Waals surface area (Å²) in [6.45, 7) is 2.62. The number of hydrogen-bond donors (Lipinski definition) is 2. The Morgan fingerprint density at radius 2 is 2.00 bits per heavy atom. The summed E-state index contributed by atoms with van der Waals surface area (Å²) in [4.78, 5) is 0. The quantitative estimate of drug-likeness (QED) is 0.655. The fourth-order valence-corrected chi connectivity index (χ4v) is 2.54. The van der Waals surface area contributed by atoms with Crippen molar-refractivity contribution in [3.63, 3.8) is 0 Å². The molecule has 0 spiro atoms. The molecule has 0 aliphatic carbocycles. The molecule has 1 atom stereocenters. The van der Waals surface area contributed by atoms with Crippen LogP contribution in [0, 0.1) is 0 Å². The second-order valence-corrected chi connectivity index (χ2v) is 4.98. The Hall–Kier alpha value is -1.36. The second-order valence-electron chi connectivity index (χ2n) is 4.13. The lowest BCUT2D eigenvalue weighted by atomic mass is 9.99. The Bertz CT molecular complexity index is 545. The van der Waals surface area contributed by atoms with E-state index in [2.05, 4.69) is 21.4 Å². The van der Waals surface area contributed by atoms with Crippen LogP contribution in [0.4, 0.5) is 0 Å². The molecule has 100 valence electrons. The Morgan fingerprint density at radius 3 is 2.68 bits per heavy atom. The van der Waals surface area contributed by atoms with Crippen LogP contribution in [0.5, 0.6) is 5.75 Å². The van der Waals surface area contributed by atoms with Crippen molar-refractivity contribution in [2.75, 3.05) is 6.61 Å². The van der Waals surface area contributed by atoms with Gasteiger partial charge in [-0.25, -0.2) is 5.43 Å². The van der Waals surface area contributed by atoms with Crippen molar-refractivity contribution in [1.29, 1.82) is 0 Å². The average molecular weight is 321 g/mol. The van der Waals surface area contributed by atoms with Crippen molar-refractivity contribution in [1.82, 2.24) is 5.43 Å². The summed E-state index contributed by atoms with van der Waals surface area (Å²) in [5.41, 5.74) is 5.02. The molecule has 3 N–H and O–H groups in total. The summed E-state index contributed by atoms with van der Waals surface area (Å²) in [5, 5.41) is 0. The number of nitrogens with one attached hydrogen (secondary N) is 1. The van der Waals surface area contributed by atoms with E-state index in [1.807, 2.05) is 55.5 Å². The zero-order valence-corrected chi connectivity index (χ0v) is 12.4. The summed E-state index contributed by atoms with van der Waals surface area (Å²) in [5.74, 6) is 6.57. The highest BCUT2D eigenvalue weighted by Gasteiger charge is 2.15. The molecular weight excluding hydrogens is 304 g/mol. The van der Waals surface area contributed by atoms with Crippen LogP contribution >= 0.6 is 15.9 Å². The topological polar surface area (TPSA) is 47.3 Å². The smallest absolute Gasteiger partial charge is 0.119 e. The highest BCUT2D eigenvalue weighted by molar-refractivity contribution is 9.10. The summed E-state index contributed by atoms with van der Waals surface area (Å²) in [6, 6.07) is 15.9. The predicted octanol–water partition coefficient (Wildman–Crippen LogP) is 3.40. The molecule has 0 saturated carbocycles. The minimum atomic E-state index is -0.0732. The molecule has 0 aromatic heterocycles. The van der Waals surface area contributed by atoms with E-state index in [4.69, 9.17) is 10.6 Å². The molecule has 4 heteroatoms. The lowest BCUT2D eigenvalue weighted by Gasteiger charge is -2.19. The molecule has 0 amide bonds. The number of hydrazine groups is 1. The third-order valence-corrected chi connectivity index (χ3v) is 3.61. The molecule has 0 aliphatic rings. The lowest BCUT2D eigenvalue weighted by molar-refractivity contribution is 0.339. The summed E-state index contributed by atoms with van der Waals surface area (Å²) in [6.07, 6.45) is 0. The maximum atomic E-state index is 5.72. The largest absolute Gasteiger partial charge is 0.494 e. The molecule has 19 heavy (non-hydrogen) atoms. The van der Waals surface area contributed by atoms with E-state index in [9.17, 15) is 0 Å². The third-order valence-electron chi connectivity index (χ3n) is 2.89. The van der Waals surface area contributed by atoms with Crippen LogP contribution < -0.4 is 16.0 Å². The number of ether oxygens (including phenoxy) is 1. The van der Waals surface area contributed by atoms with Crippen LogP contribution in [-0.4, -0.2) is 6.61 Å². The van der Waals surface area contributed by atoms with E-state index in [1.54, 1.807) is 0 Å². The third kappa shape index (κ3) is 3.35.